The summed E-state index contributed by atoms with van der Waals surface area (Å²) in [5.41, 5.74) is 3.92. The molecule has 0 fully saturated rings. The number of allylic oxidation sites excluding steroid dienone is 1. The highest BCUT2D eigenvalue weighted by Crippen LogP contribution is 2.33. The number of halogens is 1. The number of carbonyl (C=O) groups is 1. The number of hydrogen-bond acceptors (Lipinski definition) is 6. The van der Waals surface area contributed by atoms with E-state index in [0.29, 0.717) is 40.9 Å². The molecule has 0 unspecified atom stereocenters. The van der Waals surface area contributed by atoms with Gasteiger partial charge in [-0.2, -0.15) is 0 Å². The zero-order valence-electron chi connectivity index (χ0n) is 21.0. The van der Waals surface area contributed by atoms with Crippen molar-refractivity contribution in [1.29, 1.82) is 0 Å². The normalized spacial score (nSPS) is 15.4. The molecule has 2 aromatic heterocycles. The van der Waals surface area contributed by atoms with Crippen molar-refractivity contribution in [3.05, 3.63) is 100 Å². The van der Waals surface area contributed by atoms with E-state index >= 15 is 0 Å². The highest BCUT2D eigenvalue weighted by atomic mass is 35.5. The van der Waals surface area contributed by atoms with E-state index in [1.54, 1.807) is 34.8 Å². The zero-order valence-corrected chi connectivity index (χ0v) is 22.5. The van der Waals surface area contributed by atoms with E-state index in [2.05, 4.69) is 26.9 Å². The average molecular weight is 520 g/mol. The first-order chi connectivity index (χ1) is 17.5. The van der Waals surface area contributed by atoms with Crippen molar-refractivity contribution in [2.45, 2.75) is 34.2 Å². The SMILES string of the molecule is C=C(/N=C1\C(=C/C)C=C(c2ccc(-c3cccnc3)cc2Cl)C(=O)N1CC)NCc1nccs1.CC. The van der Waals surface area contributed by atoms with Crippen molar-refractivity contribution < 1.29 is 4.79 Å². The Morgan fingerprint density at radius 1 is 1.25 bits per heavy atom. The number of aromatic nitrogens is 2. The van der Waals surface area contributed by atoms with Crippen LogP contribution in [0, 0.1) is 0 Å². The molecule has 36 heavy (non-hydrogen) atoms. The number of likely N-dealkylation sites (N-methyl/N-ethyl adjacent to an activating group) is 1. The van der Waals surface area contributed by atoms with Gasteiger partial charge in [-0.25, -0.2) is 9.98 Å². The molecule has 3 heterocycles. The average Bonchev–Trinajstić information content (AvgIpc) is 3.44. The van der Waals surface area contributed by atoms with Crippen LogP contribution in [0.4, 0.5) is 0 Å². The molecule has 1 aliphatic rings. The number of amidine groups is 1. The Labute approximate surface area is 221 Å². The summed E-state index contributed by atoms with van der Waals surface area (Å²) < 4.78 is 0. The van der Waals surface area contributed by atoms with Gasteiger partial charge in [0.25, 0.3) is 5.91 Å². The Morgan fingerprint density at radius 2 is 2.06 bits per heavy atom. The first-order valence-electron chi connectivity index (χ1n) is 11.8. The quantitative estimate of drug-likeness (QED) is 0.375. The lowest BCUT2D eigenvalue weighted by atomic mass is 9.95. The van der Waals surface area contributed by atoms with Crippen LogP contribution < -0.4 is 5.32 Å². The van der Waals surface area contributed by atoms with Gasteiger partial charge in [0.05, 0.1) is 6.54 Å². The minimum atomic E-state index is -0.157. The second-order valence-electron chi connectivity index (χ2n) is 7.45. The minimum absolute atomic E-state index is 0.157. The maximum Gasteiger partial charge on any atom is 0.260 e. The van der Waals surface area contributed by atoms with Crippen LogP contribution in [0.5, 0.6) is 0 Å². The predicted octanol–water partition coefficient (Wildman–Crippen LogP) is 6.74. The molecule has 0 saturated carbocycles. The molecule has 0 spiro atoms. The van der Waals surface area contributed by atoms with Gasteiger partial charge in [0, 0.05) is 57.8 Å². The van der Waals surface area contributed by atoms with Crippen LogP contribution in [0.1, 0.15) is 38.3 Å². The van der Waals surface area contributed by atoms with Crippen LogP contribution in [0.2, 0.25) is 5.02 Å². The first kappa shape index (κ1) is 27.0. The van der Waals surface area contributed by atoms with Crippen LogP contribution >= 0.6 is 22.9 Å². The summed E-state index contributed by atoms with van der Waals surface area (Å²) in [7, 11) is 0. The van der Waals surface area contributed by atoms with Gasteiger partial charge in [-0.3, -0.25) is 14.7 Å². The maximum absolute atomic E-state index is 13.5. The first-order valence-corrected chi connectivity index (χ1v) is 13.1. The second kappa shape index (κ2) is 13.0. The van der Waals surface area contributed by atoms with Crippen LogP contribution in [-0.2, 0) is 11.3 Å². The smallest absolute Gasteiger partial charge is 0.260 e. The molecular formula is C28H30ClN5OS. The maximum atomic E-state index is 13.5. The number of aliphatic imine (C=N–C) groups is 1. The number of pyridine rings is 1. The third kappa shape index (κ3) is 6.17. The molecular weight excluding hydrogens is 490 g/mol. The highest BCUT2D eigenvalue weighted by molar-refractivity contribution is 7.09. The van der Waals surface area contributed by atoms with Gasteiger partial charge in [-0.15, -0.1) is 11.3 Å². The molecule has 1 aromatic carbocycles. The van der Waals surface area contributed by atoms with Crippen molar-refractivity contribution in [3.63, 3.8) is 0 Å². The van der Waals surface area contributed by atoms with Crippen molar-refractivity contribution in [3.8, 4) is 11.1 Å². The van der Waals surface area contributed by atoms with Crippen LogP contribution in [0.15, 0.2) is 89.4 Å². The van der Waals surface area contributed by atoms with Gasteiger partial charge >= 0.3 is 0 Å². The summed E-state index contributed by atoms with van der Waals surface area (Å²) in [6.07, 6.45) is 9.04. The second-order valence-corrected chi connectivity index (χ2v) is 8.84. The van der Waals surface area contributed by atoms with Crippen molar-refractivity contribution >= 4 is 40.3 Å². The van der Waals surface area contributed by atoms with E-state index in [4.69, 9.17) is 11.6 Å². The van der Waals surface area contributed by atoms with E-state index < -0.39 is 0 Å². The van der Waals surface area contributed by atoms with Crippen molar-refractivity contribution in [2.24, 2.45) is 4.99 Å². The molecule has 0 saturated heterocycles. The number of benzene rings is 1. The number of rotatable bonds is 7. The monoisotopic (exact) mass is 519 g/mol. The Bertz CT molecular complexity index is 1300. The fraction of sp³-hybridized carbons (Fsp3) is 0.214. The van der Waals surface area contributed by atoms with E-state index in [1.807, 2.05) is 75.6 Å². The van der Waals surface area contributed by atoms with Crippen LogP contribution in [0.25, 0.3) is 16.7 Å². The summed E-state index contributed by atoms with van der Waals surface area (Å²) in [6, 6.07) is 9.54. The Hall–Kier alpha value is -3.55. The molecule has 1 amide bonds. The van der Waals surface area contributed by atoms with E-state index in [9.17, 15) is 4.79 Å². The summed E-state index contributed by atoms with van der Waals surface area (Å²) in [5, 5.41) is 6.52. The number of nitrogens with one attached hydrogen (secondary N) is 1. The number of thiazole rings is 1. The van der Waals surface area contributed by atoms with Gasteiger partial charge in [0.1, 0.15) is 16.7 Å². The third-order valence-electron chi connectivity index (χ3n) is 5.34. The van der Waals surface area contributed by atoms with Gasteiger partial charge in [0.2, 0.25) is 0 Å². The van der Waals surface area contributed by atoms with Gasteiger partial charge in [-0.1, -0.05) is 56.3 Å². The van der Waals surface area contributed by atoms with Gasteiger partial charge < -0.3 is 5.32 Å². The van der Waals surface area contributed by atoms with Crippen LogP contribution in [0.3, 0.4) is 0 Å². The summed E-state index contributed by atoms with van der Waals surface area (Å²) in [6.45, 7) is 12.8. The van der Waals surface area contributed by atoms with E-state index in [1.165, 1.54) is 0 Å². The van der Waals surface area contributed by atoms with Gasteiger partial charge in [0.15, 0.2) is 0 Å². The summed E-state index contributed by atoms with van der Waals surface area (Å²) in [5.74, 6) is 0.862. The molecule has 0 radical (unpaired) electrons. The lowest BCUT2D eigenvalue weighted by Gasteiger charge is -2.30. The molecule has 0 atom stereocenters. The molecule has 1 aliphatic heterocycles. The topological polar surface area (TPSA) is 70.5 Å². The number of nitrogens with zero attached hydrogens (tertiary/aromatic N) is 4. The molecule has 0 bridgehead atoms. The number of hydrogen-bond donors (Lipinski definition) is 1. The molecule has 4 rings (SSSR count). The molecule has 0 aliphatic carbocycles. The Balaban J connectivity index is 0.00000176. The molecule has 186 valence electrons. The Morgan fingerprint density at radius 3 is 2.67 bits per heavy atom. The van der Waals surface area contributed by atoms with Crippen LogP contribution in [-0.4, -0.2) is 33.2 Å². The molecule has 1 N–H and O–H groups in total. The third-order valence-corrected chi connectivity index (χ3v) is 6.43. The lowest BCUT2D eigenvalue weighted by Crippen LogP contribution is -2.41. The Kier molecular flexibility index (Phi) is 9.73. The fourth-order valence-electron chi connectivity index (χ4n) is 3.63. The fourth-order valence-corrected chi connectivity index (χ4v) is 4.47. The van der Waals surface area contributed by atoms with E-state index in [-0.39, 0.29) is 5.91 Å². The van der Waals surface area contributed by atoms with Crippen molar-refractivity contribution in [1.82, 2.24) is 20.2 Å². The standard InChI is InChI=1S/C26H24ClN5OS.C2H6/c1-4-18-13-22(21-9-8-19(14-23(21)27)20-7-6-10-28-15-20)26(33)32(5-2)25(18)31-17(3)30-16-24-29-11-12-34-24;1-2/h4,6-15,30H,3,5,16H2,1-2H3;1-2H3/b18-4-,31-25+;. The van der Waals surface area contributed by atoms with Crippen molar-refractivity contribution in [2.75, 3.05) is 6.54 Å². The summed E-state index contributed by atoms with van der Waals surface area (Å²) in [4.78, 5) is 28.2. The molecule has 8 heteroatoms. The molecule has 6 nitrogen and oxygen atoms in total. The number of carbonyl (C=O) groups excluding carboxylic acids is 1. The molecule has 3 aromatic rings. The lowest BCUT2D eigenvalue weighted by molar-refractivity contribution is -0.121. The number of amides is 1. The predicted molar refractivity (Wildman–Crippen MR) is 151 cm³/mol. The highest BCUT2D eigenvalue weighted by Gasteiger charge is 2.30. The largest absolute Gasteiger partial charge is 0.364 e. The zero-order chi connectivity index (χ0) is 26.1. The minimum Gasteiger partial charge on any atom is -0.364 e. The van der Waals surface area contributed by atoms with E-state index in [0.717, 1.165) is 21.7 Å². The van der Waals surface area contributed by atoms with Gasteiger partial charge in [-0.05, 0) is 37.6 Å². The summed E-state index contributed by atoms with van der Waals surface area (Å²) >= 11 is 8.22.